The molecule has 0 atom stereocenters. The van der Waals surface area contributed by atoms with Crippen molar-refractivity contribution in [1.82, 2.24) is 4.98 Å². The lowest BCUT2D eigenvalue weighted by atomic mass is 10.1. The summed E-state index contributed by atoms with van der Waals surface area (Å²) in [5.74, 6) is -0.0247. The molecule has 0 fully saturated rings. The van der Waals surface area contributed by atoms with E-state index in [2.05, 4.69) is 11.9 Å². The largest absolute Gasteiger partial charge is 0.324 e. The maximum absolute atomic E-state index is 11.4. The van der Waals surface area contributed by atoms with Crippen LogP contribution in [-0.4, -0.2) is 17.3 Å². The molecule has 0 aliphatic carbocycles. The zero-order valence-electron chi connectivity index (χ0n) is 8.49. The summed E-state index contributed by atoms with van der Waals surface area (Å²) in [6.45, 7) is 2.13. The lowest BCUT2D eigenvalue weighted by Gasteiger charge is -1.96. The lowest BCUT2D eigenvalue weighted by molar-refractivity contribution is 0.100. The van der Waals surface area contributed by atoms with Gasteiger partial charge in [-0.3, -0.25) is 4.79 Å². The first kappa shape index (κ1) is 10.3. The highest BCUT2D eigenvalue weighted by molar-refractivity contribution is 7.18. The average molecular weight is 220 g/mol. The monoisotopic (exact) mass is 220 g/mol. The van der Waals surface area contributed by atoms with Crippen LogP contribution in [0.3, 0.4) is 0 Å². The lowest BCUT2D eigenvalue weighted by Crippen LogP contribution is -2.13. The van der Waals surface area contributed by atoms with Gasteiger partial charge in [0.2, 0.25) is 0 Å². The molecular weight excluding hydrogens is 208 g/mol. The van der Waals surface area contributed by atoms with Crippen LogP contribution < -0.4 is 5.73 Å². The molecule has 1 aromatic carbocycles. The standard InChI is InChI=1S/C11H12N2OS/c1-2-11-13-8-4-3-7(9(14)6-12)5-10(8)15-11/h3-5H,2,6,12H2,1H3. The van der Waals surface area contributed by atoms with Gasteiger partial charge in [-0.05, 0) is 24.6 Å². The number of nitrogens with zero attached hydrogens (tertiary/aromatic N) is 1. The van der Waals surface area contributed by atoms with Crippen LogP contribution in [0.4, 0.5) is 0 Å². The third kappa shape index (κ3) is 1.91. The maximum Gasteiger partial charge on any atom is 0.176 e. The van der Waals surface area contributed by atoms with E-state index >= 15 is 0 Å². The Labute approximate surface area is 91.9 Å². The SMILES string of the molecule is CCc1nc2ccc(C(=O)CN)cc2s1. The molecule has 1 heterocycles. The summed E-state index contributed by atoms with van der Waals surface area (Å²) in [6, 6.07) is 5.55. The van der Waals surface area contributed by atoms with E-state index in [0.717, 1.165) is 21.6 Å². The van der Waals surface area contributed by atoms with Crippen molar-refractivity contribution in [2.75, 3.05) is 6.54 Å². The Kier molecular flexibility index (Phi) is 2.79. The van der Waals surface area contributed by atoms with Gasteiger partial charge in [0.1, 0.15) is 0 Å². The number of ketones is 1. The average Bonchev–Trinajstić information content (AvgIpc) is 2.69. The van der Waals surface area contributed by atoms with E-state index in [1.165, 1.54) is 0 Å². The first-order valence-corrected chi connectivity index (χ1v) is 5.69. The number of aryl methyl sites for hydroxylation is 1. The minimum Gasteiger partial charge on any atom is -0.324 e. The Hall–Kier alpha value is -1.26. The molecule has 0 saturated carbocycles. The number of aromatic nitrogens is 1. The van der Waals surface area contributed by atoms with Gasteiger partial charge in [0.25, 0.3) is 0 Å². The van der Waals surface area contributed by atoms with E-state index in [0.29, 0.717) is 5.56 Å². The molecule has 0 aliphatic heterocycles. The first-order valence-electron chi connectivity index (χ1n) is 4.87. The molecule has 3 nitrogen and oxygen atoms in total. The van der Waals surface area contributed by atoms with E-state index in [4.69, 9.17) is 5.73 Å². The Bertz CT molecular complexity index is 504. The molecule has 0 saturated heterocycles. The van der Waals surface area contributed by atoms with Crippen LogP contribution in [-0.2, 0) is 6.42 Å². The number of fused-ring (bicyclic) bond motifs is 1. The van der Waals surface area contributed by atoms with Gasteiger partial charge < -0.3 is 5.73 Å². The minimum absolute atomic E-state index is 0.0247. The number of benzene rings is 1. The molecule has 0 spiro atoms. The van der Waals surface area contributed by atoms with Crippen molar-refractivity contribution in [1.29, 1.82) is 0 Å². The van der Waals surface area contributed by atoms with Crippen molar-refractivity contribution in [3.05, 3.63) is 28.8 Å². The predicted molar refractivity (Wildman–Crippen MR) is 62.4 cm³/mol. The van der Waals surface area contributed by atoms with E-state index in [1.54, 1.807) is 17.4 Å². The fourth-order valence-corrected chi connectivity index (χ4v) is 2.36. The summed E-state index contributed by atoms with van der Waals surface area (Å²) >= 11 is 1.64. The zero-order valence-corrected chi connectivity index (χ0v) is 9.30. The molecular formula is C11H12N2OS. The fraction of sp³-hybridized carbons (Fsp3) is 0.273. The maximum atomic E-state index is 11.4. The van der Waals surface area contributed by atoms with Gasteiger partial charge >= 0.3 is 0 Å². The summed E-state index contributed by atoms with van der Waals surface area (Å²) in [4.78, 5) is 15.8. The van der Waals surface area contributed by atoms with Crippen LogP contribution in [0.15, 0.2) is 18.2 Å². The van der Waals surface area contributed by atoms with Crippen LogP contribution in [0, 0.1) is 0 Å². The molecule has 15 heavy (non-hydrogen) atoms. The van der Waals surface area contributed by atoms with Crippen LogP contribution in [0.5, 0.6) is 0 Å². The number of hydrogen-bond acceptors (Lipinski definition) is 4. The summed E-state index contributed by atoms with van der Waals surface area (Å²) in [5, 5.41) is 1.10. The second-order valence-electron chi connectivity index (χ2n) is 3.27. The smallest absolute Gasteiger partial charge is 0.176 e. The third-order valence-corrected chi connectivity index (χ3v) is 3.41. The molecule has 1 aromatic heterocycles. The highest BCUT2D eigenvalue weighted by Crippen LogP contribution is 2.23. The van der Waals surface area contributed by atoms with Crippen molar-refractivity contribution in [2.24, 2.45) is 5.73 Å². The number of carbonyl (C=O) groups is 1. The molecule has 0 unspecified atom stereocenters. The number of hydrogen-bond donors (Lipinski definition) is 1. The van der Waals surface area contributed by atoms with E-state index < -0.39 is 0 Å². The zero-order chi connectivity index (χ0) is 10.8. The molecule has 0 aliphatic rings. The Morgan fingerprint density at radius 3 is 3.00 bits per heavy atom. The topological polar surface area (TPSA) is 56.0 Å². The normalized spacial score (nSPS) is 10.8. The molecule has 4 heteroatoms. The minimum atomic E-state index is -0.0247. The molecule has 2 rings (SSSR count). The number of carbonyl (C=O) groups excluding carboxylic acids is 1. The van der Waals surface area contributed by atoms with Crippen LogP contribution in [0.25, 0.3) is 10.2 Å². The van der Waals surface area contributed by atoms with E-state index in [-0.39, 0.29) is 12.3 Å². The van der Waals surface area contributed by atoms with Crippen LogP contribution in [0.1, 0.15) is 22.3 Å². The molecule has 0 radical (unpaired) electrons. The molecule has 0 amide bonds. The molecule has 78 valence electrons. The third-order valence-electron chi connectivity index (χ3n) is 2.24. The van der Waals surface area contributed by atoms with Crippen molar-refractivity contribution >= 4 is 27.3 Å². The number of rotatable bonds is 3. The number of Topliss-reactive ketones (excluding diaryl/α,β-unsaturated/α-hetero) is 1. The Balaban J connectivity index is 2.50. The molecule has 2 N–H and O–H groups in total. The number of thiazole rings is 1. The predicted octanol–water partition coefficient (Wildman–Crippen LogP) is 2.00. The van der Waals surface area contributed by atoms with Gasteiger partial charge in [0, 0.05) is 5.56 Å². The van der Waals surface area contributed by atoms with Gasteiger partial charge in [0.15, 0.2) is 5.78 Å². The van der Waals surface area contributed by atoms with Gasteiger partial charge in [-0.1, -0.05) is 6.92 Å². The quantitative estimate of drug-likeness (QED) is 0.805. The van der Waals surface area contributed by atoms with E-state index in [9.17, 15) is 4.79 Å². The summed E-state index contributed by atoms with van der Waals surface area (Å²) < 4.78 is 1.06. The van der Waals surface area contributed by atoms with E-state index in [1.807, 2.05) is 12.1 Å². The van der Waals surface area contributed by atoms with Crippen LogP contribution in [0.2, 0.25) is 0 Å². The first-order chi connectivity index (χ1) is 7.24. The summed E-state index contributed by atoms with van der Waals surface area (Å²) in [7, 11) is 0. The second kappa shape index (κ2) is 4.08. The highest BCUT2D eigenvalue weighted by atomic mass is 32.1. The van der Waals surface area contributed by atoms with Crippen molar-refractivity contribution in [2.45, 2.75) is 13.3 Å². The fourth-order valence-electron chi connectivity index (χ4n) is 1.41. The van der Waals surface area contributed by atoms with Gasteiger partial charge in [-0.15, -0.1) is 11.3 Å². The van der Waals surface area contributed by atoms with Crippen molar-refractivity contribution < 1.29 is 4.79 Å². The Morgan fingerprint density at radius 2 is 2.33 bits per heavy atom. The van der Waals surface area contributed by atoms with Crippen molar-refractivity contribution in [3.63, 3.8) is 0 Å². The van der Waals surface area contributed by atoms with Crippen LogP contribution >= 0.6 is 11.3 Å². The summed E-state index contributed by atoms with van der Waals surface area (Å²) in [6.07, 6.45) is 0.930. The second-order valence-corrected chi connectivity index (χ2v) is 4.39. The Morgan fingerprint density at radius 1 is 1.53 bits per heavy atom. The number of nitrogens with two attached hydrogens (primary N) is 1. The van der Waals surface area contributed by atoms with Crippen molar-refractivity contribution in [3.8, 4) is 0 Å². The molecule has 2 aromatic rings. The molecule has 0 bridgehead atoms. The van der Waals surface area contributed by atoms with Gasteiger partial charge in [-0.2, -0.15) is 0 Å². The summed E-state index contributed by atoms with van der Waals surface area (Å²) in [5.41, 5.74) is 6.96. The van der Waals surface area contributed by atoms with Gasteiger partial charge in [0.05, 0.1) is 21.8 Å². The highest BCUT2D eigenvalue weighted by Gasteiger charge is 2.07. The van der Waals surface area contributed by atoms with Gasteiger partial charge in [-0.25, -0.2) is 4.98 Å².